The van der Waals surface area contributed by atoms with Gasteiger partial charge in [-0.1, -0.05) is 11.6 Å². The Bertz CT molecular complexity index is 702. The van der Waals surface area contributed by atoms with Crippen molar-refractivity contribution >= 4 is 23.2 Å². The molecule has 1 fully saturated rings. The van der Waals surface area contributed by atoms with Crippen molar-refractivity contribution in [3.8, 4) is 11.5 Å². The molecule has 0 radical (unpaired) electrons. The van der Waals surface area contributed by atoms with E-state index in [1.54, 1.807) is 0 Å². The number of benzene rings is 1. The molecule has 1 aromatic carbocycles. The zero-order chi connectivity index (χ0) is 18.0. The van der Waals surface area contributed by atoms with Gasteiger partial charge in [0.15, 0.2) is 16.7 Å². The van der Waals surface area contributed by atoms with Gasteiger partial charge in [0, 0.05) is 22.7 Å². The van der Waals surface area contributed by atoms with Gasteiger partial charge in [0.05, 0.1) is 6.10 Å². The van der Waals surface area contributed by atoms with E-state index in [0.717, 1.165) is 25.7 Å². The Morgan fingerprint density at radius 1 is 1.20 bits per heavy atom. The SMILES string of the molecule is OC1(c2ccc(OC(F)F)c(OC3CCCC3)c2)C=C(Cl)C=C(Cl)O1. The third-order valence-corrected chi connectivity index (χ3v) is 4.41. The first kappa shape index (κ1) is 18.3. The summed E-state index contributed by atoms with van der Waals surface area (Å²) in [5.74, 6) is -1.93. The number of ether oxygens (including phenoxy) is 3. The van der Waals surface area contributed by atoms with E-state index in [0.29, 0.717) is 0 Å². The molecule has 1 atom stereocenters. The summed E-state index contributed by atoms with van der Waals surface area (Å²) >= 11 is 11.8. The van der Waals surface area contributed by atoms with Crippen molar-refractivity contribution in [2.75, 3.05) is 0 Å². The molecule has 2 aliphatic rings. The molecular formula is C17H16Cl2F2O4. The number of hydrogen-bond donors (Lipinski definition) is 1. The van der Waals surface area contributed by atoms with Gasteiger partial charge in [-0.05, 0) is 55.5 Å². The lowest BCUT2D eigenvalue weighted by Crippen LogP contribution is -2.28. The predicted molar refractivity (Wildman–Crippen MR) is 88.8 cm³/mol. The van der Waals surface area contributed by atoms with E-state index in [9.17, 15) is 13.9 Å². The van der Waals surface area contributed by atoms with Crippen molar-refractivity contribution < 1.29 is 28.1 Å². The van der Waals surface area contributed by atoms with Gasteiger partial charge in [0.2, 0.25) is 0 Å². The van der Waals surface area contributed by atoms with E-state index in [2.05, 4.69) is 4.74 Å². The fraction of sp³-hybridized carbons (Fsp3) is 0.412. The van der Waals surface area contributed by atoms with Crippen molar-refractivity contribution in [1.29, 1.82) is 0 Å². The summed E-state index contributed by atoms with van der Waals surface area (Å²) in [5, 5.41) is 10.8. The average molecular weight is 393 g/mol. The molecule has 8 heteroatoms. The lowest BCUT2D eigenvalue weighted by molar-refractivity contribution is -0.140. The maximum absolute atomic E-state index is 12.6. The molecule has 1 N–H and O–H groups in total. The minimum atomic E-state index is -2.99. The van der Waals surface area contributed by atoms with Gasteiger partial charge in [-0.2, -0.15) is 8.78 Å². The second kappa shape index (κ2) is 7.40. The lowest BCUT2D eigenvalue weighted by atomic mass is 10.0. The number of aliphatic hydroxyl groups is 1. The molecule has 3 rings (SSSR count). The molecule has 4 nitrogen and oxygen atoms in total. The quantitative estimate of drug-likeness (QED) is 0.766. The van der Waals surface area contributed by atoms with E-state index in [1.807, 2.05) is 0 Å². The number of allylic oxidation sites excluding steroid dienone is 2. The van der Waals surface area contributed by atoms with Crippen LogP contribution >= 0.6 is 23.2 Å². The van der Waals surface area contributed by atoms with Crippen molar-refractivity contribution in [1.82, 2.24) is 0 Å². The molecule has 25 heavy (non-hydrogen) atoms. The maximum Gasteiger partial charge on any atom is 0.387 e. The van der Waals surface area contributed by atoms with Crippen LogP contribution in [0, 0.1) is 0 Å². The van der Waals surface area contributed by atoms with Crippen LogP contribution in [-0.2, 0) is 10.5 Å². The molecule has 136 valence electrons. The number of halogens is 4. The van der Waals surface area contributed by atoms with Gasteiger partial charge in [0.1, 0.15) is 0 Å². The minimum absolute atomic E-state index is 0.0835. The molecule has 1 aromatic rings. The smallest absolute Gasteiger partial charge is 0.387 e. The second-order valence-corrected chi connectivity index (χ2v) is 6.65. The molecular weight excluding hydrogens is 377 g/mol. The van der Waals surface area contributed by atoms with Gasteiger partial charge in [-0.3, -0.25) is 0 Å². The van der Waals surface area contributed by atoms with E-state index < -0.39 is 12.4 Å². The van der Waals surface area contributed by atoms with Crippen LogP contribution in [0.25, 0.3) is 0 Å². The molecule has 0 saturated heterocycles. The Morgan fingerprint density at radius 3 is 2.56 bits per heavy atom. The summed E-state index contributed by atoms with van der Waals surface area (Å²) in [6.45, 7) is -2.99. The van der Waals surface area contributed by atoms with Gasteiger partial charge < -0.3 is 19.3 Å². The Morgan fingerprint density at radius 2 is 1.92 bits per heavy atom. The minimum Gasteiger partial charge on any atom is -0.487 e. The third kappa shape index (κ3) is 4.37. The number of alkyl halides is 2. The standard InChI is InChI=1S/C17H16Cl2F2O4/c18-11-8-15(19)25-17(22,9-11)10-5-6-13(24-16(20)21)14(7-10)23-12-3-1-2-4-12/h5-9,12,16,22H,1-4H2. The van der Waals surface area contributed by atoms with E-state index in [4.69, 9.17) is 32.7 Å². The summed E-state index contributed by atoms with van der Waals surface area (Å²) in [5.41, 5.74) is 0.228. The van der Waals surface area contributed by atoms with Crippen molar-refractivity contribution in [3.63, 3.8) is 0 Å². The largest absolute Gasteiger partial charge is 0.487 e. The summed E-state index contributed by atoms with van der Waals surface area (Å²) < 4.78 is 40.9. The number of rotatable bonds is 5. The monoisotopic (exact) mass is 392 g/mol. The van der Waals surface area contributed by atoms with E-state index >= 15 is 0 Å². The fourth-order valence-corrected chi connectivity index (χ4v) is 3.43. The van der Waals surface area contributed by atoms with Crippen molar-refractivity contribution in [2.24, 2.45) is 0 Å². The van der Waals surface area contributed by atoms with Crippen LogP contribution in [0.5, 0.6) is 11.5 Å². The molecule has 1 heterocycles. The lowest BCUT2D eigenvalue weighted by Gasteiger charge is -2.29. The van der Waals surface area contributed by atoms with Crippen molar-refractivity contribution in [3.05, 3.63) is 46.2 Å². The van der Waals surface area contributed by atoms with Crippen LogP contribution < -0.4 is 9.47 Å². The van der Waals surface area contributed by atoms with Gasteiger partial charge in [-0.15, -0.1) is 0 Å². The maximum atomic E-state index is 12.6. The summed E-state index contributed by atoms with van der Waals surface area (Å²) in [6.07, 6.45) is 6.20. The highest BCUT2D eigenvalue weighted by atomic mass is 35.5. The van der Waals surface area contributed by atoms with Crippen molar-refractivity contribution in [2.45, 2.75) is 44.2 Å². The second-order valence-electron chi connectivity index (χ2n) is 5.84. The van der Waals surface area contributed by atoms with Gasteiger partial charge >= 0.3 is 6.61 Å². The van der Waals surface area contributed by atoms with Crippen LogP contribution in [-0.4, -0.2) is 17.8 Å². The molecule has 1 unspecified atom stereocenters. The van der Waals surface area contributed by atoms with Crippen LogP contribution in [0.15, 0.2) is 40.6 Å². The molecule has 0 bridgehead atoms. The molecule has 1 saturated carbocycles. The Labute approximate surface area is 153 Å². The zero-order valence-electron chi connectivity index (χ0n) is 13.1. The van der Waals surface area contributed by atoms with E-state index in [1.165, 1.54) is 30.4 Å². The highest BCUT2D eigenvalue weighted by Crippen LogP contribution is 2.40. The fourth-order valence-electron chi connectivity index (χ4n) is 2.89. The van der Waals surface area contributed by atoms with Crippen LogP contribution in [0.2, 0.25) is 0 Å². The van der Waals surface area contributed by atoms with Gasteiger partial charge in [0.25, 0.3) is 5.79 Å². The molecule has 1 aliphatic carbocycles. The molecule has 0 aromatic heterocycles. The highest BCUT2D eigenvalue weighted by molar-refractivity contribution is 6.34. The Balaban J connectivity index is 1.94. The normalized spacial score (nSPS) is 23.9. The van der Waals surface area contributed by atoms with Crippen LogP contribution in [0.4, 0.5) is 8.78 Å². The van der Waals surface area contributed by atoms with Crippen LogP contribution in [0.3, 0.4) is 0 Å². The Kier molecular flexibility index (Phi) is 5.41. The third-order valence-electron chi connectivity index (χ3n) is 4.01. The zero-order valence-corrected chi connectivity index (χ0v) is 14.6. The average Bonchev–Trinajstić information content (AvgIpc) is 3.00. The predicted octanol–water partition coefficient (Wildman–Crippen LogP) is 4.99. The first-order valence-corrected chi connectivity index (χ1v) is 8.54. The van der Waals surface area contributed by atoms with Crippen LogP contribution in [0.1, 0.15) is 31.2 Å². The first-order valence-electron chi connectivity index (χ1n) is 7.79. The summed E-state index contributed by atoms with van der Waals surface area (Å²) in [6, 6.07) is 4.07. The first-order chi connectivity index (χ1) is 11.9. The topological polar surface area (TPSA) is 47.9 Å². The number of hydrogen-bond acceptors (Lipinski definition) is 4. The van der Waals surface area contributed by atoms with E-state index in [-0.39, 0.29) is 33.4 Å². The molecule has 1 aliphatic heterocycles. The Hall–Kier alpha value is -1.50. The molecule has 0 amide bonds. The summed E-state index contributed by atoms with van der Waals surface area (Å²) in [4.78, 5) is 0. The summed E-state index contributed by atoms with van der Waals surface area (Å²) in [7, 11) is 0. The van der Waals surface area contributed by atoms with Gasteiger partial charge in [-0.25, -0.2) is 0 Å². The highest BCUT2D eigenvalue weighted by Gasteiger charge is 2.34. The molecule has 0 spiro atoms.